The van der Waals surface area contributed by atoms with Crippen LogP contribution >= 0.6 is 22.9 Å². The molecule has 1 aliphatic heterocycles. The number of thiazole rings is 1. The van der Waals surface area contributed by atoms with Crippen molar-refractivity contribution in [1.82, 2.24) is 9.88 Å². The molecule has 0 radical (unpaired) electrons. The van der Waals surface area contributed by atoms with E-state index < -0.39 is 0 Å². The van der Waals surface area contributed by atoms with Gasteiger partial charge in [0, 0.05) is 28.8 Å². The molecule has 2 heterocycles. The van der Waals surface area contributed by atoms with Crippen LogP contribution in [0.25, 0.3) is 0 Å². The maximum atomic E-state index is 12.7. The average molecular weight is 319 g/mol. The van der Waals surface area contributed by atoms with Crippen LogP contribution in [-0.4, -0.2) is 22.3 Å². The summed E-state index contributed by atoms with van der Waals surface area (Å²) in [5.74, 6) is 0.687. The summed E-state index contributed by atoms with van der Waals surface area (Å²) in [4.78, 5) is 20.2. The first kappa shape index (κ1) is 13.3. The zero-order valence-corrected chi connectivity index (χ0v) is 13.0. The van der Waals surface area contributed by atoms with Gasteiger partial charge in [0.15, 0.2) is 0 Å². The van der Waals surface area contributed by atoms with E-state index in [1.165, 1.54) is 10.6 Å². The minimum absolute atomic E-state index is 0.111. The first-order valence-electron chi connectivity index (χ1n) is 7.18. The van der Waals surface area contributed by atoms with E-state index in [1.54, 1.807) is 11.3 Å². The number of fused-ring (bicyclic) bond motifs is 1. The van der Waals surface area contributed by atoms with Crippen LogP contribution in [0.4, 0.5) is 0 Å². The Morgan fingerprint density at radius 2 is 2.24 bits per heavy atom. The molecule has 4 rings (SSSR count). The van der Waals surface area contributed by atoms with Gasteiger partial charge >= 0.3 is 0 Å². The van der Waals surface area contributed by atoms with E-state index in [2.05, 4.69) is 4.98 Å². The van der Waals surface area contributed by atoms with Gasteiger partial charge in [-0.25, -0.2) is 4.98 Å². The number of halogens is 1. The summed E-state index contributed by atoms with van der Waals surface area (Å²) in [5.41, 5.74) is 4.16. The number of carbonyl (C=O) groups excluding carboxylic acids is 1. The number of benzene rings is 1. The van der Waals surface area contributed by atoms with Gasteiger partial charge in [-0.2, -0.15) is 0 Å². The molecule has 1 aromatic heterocycles. The number of hydrogen-bond acceptors (Lipinski definition) is 3. The van der Waals surface area contributed by atoms with Gasteiger partial charge in [0.1, 0.15) is 0 Å². The summed E-state index contributed by atoms with van der Waals surface area (Å²) in [6.45, 7) is 1.52. The maximum Gasteiger partial charge on any atom is 0.226 e. The third-order valence-corrected chi connectivity index (χ3v) is 5.61. The molecule has 2 aromatic rings. The fourth-order valence-electron chi connectivity index (χ4n) is 3.13. The molecule has 1 fully saturated rings. The van der Waals surface area contributed by atoms with Crippen LogP contribution in [0.3, 0.4) is 0 Å². The predicted molar refractivity (Wildman–Crippen MR) is 83.5 cm³/mol. The highest BCUT2D eigenvalue weighted by Gasteiger charge is 2.46. The van der Waals surface area contributed by atoms with Crippen LogP contribution in [0.15, 0.2) is 29.8 Å². The van der Waals surface area contributed by atoms with Gasteiger partial charge in [0.05, 0.1) is 17.7 Å². The number of hydrogen-bond donors (Lipinski definition) is 0. The Bertz CT molecular complexity index is 699. The monoisotopic (exact) mass is 318 g/mol. The molecule has 0 spiro atoms. The second kappa shape index (κ2) is 5.11. The van der Waals surface area contributed by atoms with Crippen molar-refractivity contribution in [2.75, 3.05) is 6.54 Å². The van der Waals surface area contributed by atoms with Crippen molar-refractivity contribution in [3.8, 4) is 0 Å². The molecule has 0 unspecified atom stereocenters. The summed E-state index contributed by atoms with van der Waals surface area (Å²) < 4.78 is 0. The van der Waals surface area contributed by atoms with E-state index in [-0.39, 0.29) is 11.8 Å². The second-order valence-electron chi connectivity index (χ2n) is 5.70. The van der Waals surface area contributed by atoms with Crippen molar-refractivity contribution >= 4 is 28.8 Å². The third kappa shape index (κ3) is 2.36. The SMILES string of the molecule is O=C([C@@H]1C[C@H]1c1ccccc1Cl)N1CCc2ncsc2C1. The number of carbonyl (C=O) groups is 1. The van der Waals surface area contributed by atoms with Crippen molar-refractivity contribution in [2.45, 2.75) is 25.3 Å². The Labute approximate surface area is 132 Å². The fourth-order valence-corrected chi connectivity index (χ4v) is 4.23. The van der Waals surface area contributed by atoms with Crippen molar-refractivity contribution < 1.29 is 4.79 Å². The smallest absolute Gasteiger partial charge is 0.226 e. The van der Waals surface area contributed by atoms with Gasteiger partial charge in [-0.3, -0.25) is 4.79 Å². The Morgan fingerprint density at radius 1 is 1.38 bits per heavy atom. The first-order chi connectivity index (χ1) is 10.2. The zero-order chi connectivity index (χ0) is 14.4. The molecule has 2 aliphatic rings. The second-order valence-corrected chi connectivity index (χ2v) is 7.05. The topological polar surface area (TPSA) is 33.2 Å². The van der Waals surface area contributed by atoms with Gasteiger partial charge < -0.3 is 4.90 Å². The fraction of sp³-hybridized carbons (Fsp3) is 0.375. The lowest BCUT2D eigenvalue weighted by molar-refractivity contribution is -0.133. The Morgan fingerprint density at radius 3 is 3.10 bits per heavy atom. The molecule has 0 saturated heterocycles. The van der Waals surface area contributed by atoms with Crippen LogP contribution in [0, 0.1) is 5.92 Å². The molecule has 5 heteroatoms. The molecule has 1 aliphatic carbocycles. The molecule has 0 N–H and O–H groups in total. The predicted octanol–water partition coefficient (Wildman–Crippen LogP) is 3.48. The first-order valence-corrected chi connectivity index (χ1v) is 8.44. The third-order valence-electron chi connectivity index (χ3n) is 4.40. The van der Waals surface area contributed by atoms with E-state index >= 15 is 0 Å². The van der Waals surface area contributed by atoms with Crippen LogP contribution in [0.1, 0.15) is 28.5 Å². The van der Waals surface area contributed by atoms with Crippen molar-refractivity contribution in [3.05, 3.63) is 50.9 Å². The highest BCUT2D eigenvalue weighted by molar-refractivity contribution is 7.09. The van der Waals surface area contributed by atoms with Crippen molar-refractivity contribution in [3.63, 3.8) is 0 Å². The van der Waals surface area contributed by atoms with E-state index in [4.69, 9.17) is 11.6 Å². The molecule has 1 aromatic carbocycles. The lowest BCUT2D eigenvalue weighted by Gasteiger charge is -2.26. The minimum atomic E-state index is 0.111. The highest BCUT2D eigenvalue weighted by Crippen LogP contribution is 2.50. The molecule has 0 bridgehead atoms. The number of amides is 1. The van der Waals surface area contributed by atoms with E-state index in [9.17, 15) is 4.79 Å². The van der Waals surface area contributed by atoms with Crippen molar-refractivity contribution in [1.29, 1.82) is 0 Å². The van der Waals surface area contributed by atoms with Crippen LogP contribution in [0.2, 0.25) is 5.02 Å². The number of aromatic nitrogens is 1. The minimum Gasteiger partial charge on any atom is -0.337 e. The Kier molecular flexibility index (Phi) is 3.23. The standard InChI is InChI=1S/C16H15ClN2OS/c17-13-4-2-1-3-10(13)11-7-12(11)16(20)19-6-5-14-15(8-19)21-9-18-14/h1-4,9,11-12H,5-8H2/t11-,12+/m0/s1. The molecular formula is C16H15ClN2OS. The van der Waals surface area contributed by atoms with Crippen molar-refractivity contribution in [2.24, 2.45) is 5.92 Å². The van der Waals surface area contributed by atoms with E-state index in [1.807, 2.05) is 34.7 Å². The molecule has 3 nitrogen and oxygen atoms in total. The summed E-state index contributed by atoms with van der Waals surface area (Å²) in [7, 11) is 0. The lowest BCUT2D eigenvalue weighted by atomic mass is 10.1. The number of nitrogens with zero attached hydrogens (tertiary/aromatic N) is 2. The van der Waals surface area contributed by atoms with E-state index in [0.717, 1.165) is 36.5 Å². The molecule has 1 saturated carbocycles. The molecule has 108 valence electrons. The lowest BCUT2D eigenvalue weighted by Crippen LogP contribution is -2.36. The van der Waals surface area contributed by atoms with Gasteiger partial charge in [0.25, 0.3) is 0 Å². The van der Waals surface area contributed by atoms with Crippen LogP contribution < -0.4 is 0 Å². The summed E-state index contributed by atoms with van der Waals surface area (Å²) >= 11 is 7.89. The quantitative estimate of drug-likeness (QED) is 0.849. The van der Waals surface area contributed by atoms with Gasteiger partial charge in [-0.15, -0.1) is 11.3 Å². The largest absolute Gasteiger partial charge is 0.337 e. The molecule has 2 atom stereocenters. The molecule has 1 amide bonds. The normalized spacial score (nSPS) is 23.8. The number of rotatable bonds is 2. The maximum absolute atomic E-state index is 12.7. The van der Waals surface area contributed by atoms with Gasteiger partial charge in [-0.05, 0) is 24.0 Å². The Balaban J connectivity index is 1.47. The van der Waals surface area contributed by atoms with Crippen LogP contribution in [0.5, 0.6) is 0 Å². The molecular weight excluding hydrogens is 304 g/mol. The van der Waals surface area contributed by atoms with E-state index in [0.29, 0.717) is 5.92 Å². The summed E-state index contributed by atoms with van der Waals surface area (Å²) in [5, 5.41) is 0.779. The zero-order valence-electron chi connectivity index (χ0n) is 11.5. The van der Waals surface area contributed by atoms with Crippen LogP contribution in [-0.2, 0) is 17.8 Å². The summed E-state index contributed by atoms with van der Waals surface area (Å²) in [6, 6.07) is 7.87. The molecule has 21 heavy (non-hydrogen) atoms. The average Bonchev–Trinajstić information content (AvgIpc) is 3.15. The highest BCUT2D eigenvalue weighted by atomic mass is 35.5. The summed E-state index contributed by atoms with van der Waals surface area (Å²) in [6.07, 6.45) is 1.81. The van der Waals surface area contributed by atoms with Gasteiger partial charge in [-0.1, -0.05) is 29.8 Å². The Hall–Kier alpha value is -1.39. The van der Waals surface area contributed by atoms with Gasteiger partial charge in [0.2, 0.25) is 5.91 Å².